The van der Waals surface area contributed by atoms with Crippen molar-refractivity contribution in [3.8, 4) is 0 Å². The molecule has 3 atom stereocenters. The molecule has 2 heterocycles. The lowest BCUT2D eigenvalue weighted by Crippen LogP contribution is -2.54. The van der Waals surface area contributed by atoms with Crippen molar-refractivity contribution in [1.82, 2.24) is 10.2 Å². The first-order valence-corrected chi connectivity index (χ1v) is 6.05. The lowest BCUT2D eigenvalue weighted by atomic mass is 10.0. The molecule has 1 fully saturated rings. The Morgan fingerprint density at radius 2 is 2.32 bits per heavy atom. The highest BCUT2D eigenvalue weighted by atomic mass is 35.5. The van der Waals surface area contributed by atoms with Crippen LogP contribution in [0, 0.1) is 0 Å². The number of urea groups is 1. The quantitative estimate of drug-likeness (QED) is 0.650. The largest absolute Gasteiger partial charge is 0.393 e. The molecule has 6 nitrogen and oxygen atoms in total. The Kier molecular flexibility index (Phi) is 3.69. The lowest BCUT2D eigenvalue weighted by molar-refractivity contribution is -0.145. The Balaban J connectivity index is 2.25. The zero-order chi connectivity index (χ0) is 14.3. The zero-order valence-electron chi connectivity index (χ0n) is 9.72. The summed E-state index contributed by atoms with van der Waals surface area (Å²) in [5, 5.41) is 20.3. The van der Waals surface area contributed by atoms with Crippen LogP contribution in [0.4, 0.5) is 13.6 Å². The van der Waals surface area contributed by atoms with Gasteiger partial charge < -0.3 is 20.3 Å². The van der Waals surface area contributed by atoms with Gasteiger partial charge in [-0.2, -0.15) is 0 Å². The molecule has 3 N–H and O–H groups in total. The Bertz CT molecular complexity index is 403. The minimum absolute atomic E-state index is 0.322. The summed E-state index contributed by atoms with van der Waals surface area (Å²) in [6.07, 6.45) is -1.74. The second kappa shape index (κ2) is 4.86. The molecular weight excluding hydrogens is 286 g/mol. The average Bonchev–Trinajstić information content (AvgIpc) is 2.62. The molecule has 2 aliphatic rings. The molecule has 0 radical (unpaired) electrons. The van der Waals surface area contributed by atoms with E-state index in [0.29, 0.717) is 4.90 Å². The van der Waals surface area contributed by atoms with E-state index in [2.05, 4.69) is 5.32 Å². The molecule has 9 heteroatoms. The molecule has 0 aromatic carbocycles. The van der Waals surface area contributed by atoms with Gasteiger partial charge in [0.25, 0.3) is 5.92 Å². The summed E-state index contributed by atoms with van der Waals surface area (Å²) in [6, 6.07) is -0.914. The van der Waals surface area contributed by atoms with Gasteiger partial charge in [-0.05, 0) is 6.08 Å². The van der Waals surface area contributed by atoms with Gasteiger partial charge in [0.15, 0.2) is 0 Å². The Morgan fingerprint density at radius 1 is 1.63 bits per heavy atom. The summed E-state index contributed by atoms with van der Waals surface area (Å²) in [5.74, 6) is -3.68. The van der Waals surface area contributed by atoms with E-state index in [0.717, 1.165) is 12.3 Å². The number of carbonyl (C=O) groups is 1. The molecule has 108 valence electrons. The van der Waals surface area contributed by atoms with Gasteiger partial charge >= 0.3 is 6.03 Å². The van der Waals surface area contributed by atoms with Crippen molar-refractivity contribution < 1.29 is 28.5 Å². The number of hydrogen-bond acceptors (Lipinski definition) is 4. The second-order valence-corrected chi connectivity index (χ2v) is 4.79. The third-order valence-corrected chi connectivity index (χ3v) is 3.49. The molecule has 0 saturated carbocycles. The number of carbonyl (C=O) groups excluding carboxylic acids is 1. The van der Waals surface area contributed by atoms with E-state index in [1.165, 1.54) is 0 Å². The van der Waals surface area contributed by atoms with Crippen molar-refractivity contribution >= 4 is 17.6 Å². The maximum atomic E-state index is 13.9. The van der Waals surface area contributed by atoms with Crippen LogP contribution >= 0.6 is 11.6 Å². The molecule has 1 unspecified atom stereocenters. The van der Waals surface area contributed by atoms with Gasteiger partial charge in [0.2, 0.25) is 6.23 Å². The molecule has 0 aromatic heterocycles. The maximum Gasteiger partial charge on any atom is 0.325 e. The van der Waals surface area contributed by atoms with Crippen LogP contribution in [-0.2, 0) is 4.74 Å². The van der Waals surface area contributed by atoms with Crippen molar-refractivity contribution in [2.45, 2.75) is 30.4 Å². The number of hydrogen-bond donors (Lipinski definition) is 3. The normalized spacial score (nSPS) is 37.5. The van der Waals surface area contributed by atoms with Crippen molar-refractivity contribution in [3.05, 3.63) is 12.3 Å². The number of alkyl halides is 3. The minimum Gasteiger partial charge on any atom is -0.393 e. The summed E-state index contributed by atoms with van der Waals surface area (Å²) >= 11 is 5.56. The smallest absolute Gasteiger partial charge is 0.325 e. The summed E-state index contributed by atoms with van der Waals surface area (Å²) in [5.41, 5.74) is -1.58. The van der Waals surface area contributed by atoms with E-state index in [9.17, 15) is 13.6 Å². The minimum atomic E-state index is -3.36. The molecule has 0 aliphatic carbocycles. The van der Waals surface area contributed by atoms with Crippen molar-refractivity contribution in [3.63, 3.8) is 0 Å². The summed E-state index contributed by atoms with van der Waals surface area (Å²) < 4.78 is 32.9. The molecule has 2 aliphatic heterocycles. The van der Waals surface area contributed by atoms with Crippen LogP contribution in [0.1, 0.15) is 6.42 Å². The standard InChI is InChI=1S/C10H13ClF2N2O4/c11-4-9(5-16)3-10(12,13)7(19-9)15-2-1-6(17)14-8(15)18/h1-2,6-7,16-17H,3-5H2,(H,14,18)/t6?,7-,9-/m1/s1. The van der Waals surface area contributed by atoms with Crippen LogP contribution in [0.5, 0.6) is 0 Å². The first kappa shape index (κ1) is 14.4. The number of rotatable bonds is 3. The number of aliphatic hydroxyl groups excluding tert-OH is 2. The van der Waals surface area contributed by atoms with E-state index in [1.807, 2.05) is 0 Å². The van der Waals surface area contributed by atoms with E-state index < -0.39 is 43.0 Å². The number of halogens is 3. The predicted octanol–water partition coefficient (Wildman–Crippen LogP) is 0.195. The Morgan fingerprint density at radius 3 is 2.79 bits per heavy atom. The second-order valence-electron chi connectivity index (χ2n) is 4.53. The number of ether oxygens (including phenoxy) is 1. The van der Waals surface area contributed by atoms with Gasteiger partial charge in [0.05, 0.1) is 12.5 Å². The van der Waals surface area contributed by atoms with Crippen LogP contribution in [0.15, 0.2) is 12.3 Å². The fourth-order valence-corrected chi connectivity index (χ4v) is 2.27. The highest BCUT2D eigenvalue weighted by molar-refractivity contribution is 6.18. The van der Waals surface area contributed by atoms with E-state index in [4.69, 9.17) is 26.6 Å². The molecule has 19 heavy (non-hydrogen) atoms. The van der Waals surface area contributed by atoms with Gasteiger partial charge in [0.1, 0.15) is 11.8 Å². The van der Waals surface area contributed by atoms with Gasteiger partial charge in [-0.25, -0.2) is 13.6 Å². The van der Waals surface area contributed by atoms with Crippen LogP contribution in [0.3, 0.4) is 0 Å². The average molecular weight is 299 g/mol. The van der Waals surface area contributed by atoms with Crippen LogP contribution < -0.4 is 5.32 Å². The van der Waals surface area contributed by atoms with Crippen molar-refractivity contribution in [2.75, 3.05) is 12.5 Å². The monoisotopic (exact) mass is 298 g/mol. The van der Waals surface area contributed by atoms with Gasteiger partial charge in [-0.3, -0.25) is 4.90 Å². The van der Waals surface area contributed by atoms with Crippen LogP contribution in [-0.4, -0.2) is 57.6 Å². The molecule has 0 bridgehead atoms. The fraction of sp³-hybridized carbons (Fsp3) is 0.700. The van der Waals surface area contributed by atoms with E-state index in [-0.39, 0.29) is 5.88 Å². The van der Waals surface area contributed by atoms with Gasteiger partial charge in [-0.1, -0.05) is 0 Å². The summed E-state index contributed by atoms with van der Waals surface area (Å²) in [7, 11) is 0. The van der Waals surface area contributed by atoms with Gasteiger partial charge in [-0.15, -0.1) is 11.6 Å². The Hall–Kier alpha value is -0.960. The van der Waals surface area contributed by atoms with E-state index in [1.54, 1.807) is 0 Å². The molecule has 0 spiro atoms. The van der Waals surface area contributed by atoms with Crippen LogP contribution in [0.2, 0.25) is 0 Å². The fourth-order valence-electron chi connectivity index (χ4n) is 2.03. The number of aliphatic hydroxyl groups is 2. The highest BCUT2D eigenvalue weighted by Gasteiger charge is 2.60. The predicted molar refractivity (Wildman–Crippen MR) is 60.5 cm³/mol. The van der Waals surface area contributed by atoms with Crippen molar-refractivity contribution in [2.24, 2.45) is 0 Å². The SMILES string of the molecule is O=C1NC(O)C=CN1[C@@H]1O[C@@](CO)(CCl)CC1(F)F. The number of amides is 2. The van der Waals surface area contributed by atoms with Crippen molar-refractivity contribution in [1.29, 1.82) is 0 Å². The molecule has 2 rings (SSSR count). The molecule has 2 amide bonds. The molecule has 1 saturated heterocycles. The van der Waals surface area contributed by atoms with Crippen LogP contribution in [0.25, 0.3) is 0 Å². The molecular formula is C10H13ClF2N2O4. The molecule has 0 aromatic rings. The highest BCUT2D eigenvalue weighted by Crippen LogP contribution is 2.44. The third-order valence-electron chi connectivity index (χ3n) is 3.00. The first-order chi connectivity index (χ1) is 8.83. The van der Waals surface area contributed by atoms with E-state index >= 15 is 0 Å². The lowest BCUT2D eigenvalue weighted by Gasteiger charge is -2.32. The first-order valence-electron chi connectivity index (χ1n) is 5.51. The van der Waals surface area contributed by atoms with Gasteiger partial charge in [0, 0.05) is 12.6 Å². The summed E-state index contributed by atoms with van der Waals surface area (Å²) in [6.45, 7) is -0.676. The summed E-state index contributed by atoms with van der Waals surface area (Å²) in [4.78, 5) is 12.2. The Labute approximate surface area is 112 Å². The maximum absolute atomic E-state index is 13.9. The number of nitrogens with one attached hydrogen (secondary N) is 1. The topological polar surface area (TPSA) is 82.0 Å². The third kappa shape index (κ3) is 2.53. The number of nitrogens with zero attached hydrogens (tertiary/aromatic N) is 1. The zero-order valence-corrected chi connectivity index (χ0v) is 10.5.